The van der Waals surface area contributed by atoms with Crippen molar-refractivity contribution < 1.29 is 19.4 Å². The maximum absolute atomic E-state index is 12.1. The number of ether oxygens (including phenoxy) is 1. The van der Waals surface area contributed by atoms with Gasteiger partial charge in [0.2, 0.25) is 5.91 Å². The van der Waals surface area contributed by atoms with E-state index in [1.165, 1.54) is 0 Å². The summed E-state index contributed by atoms with van der Waals surface area (Å²) in [6, 6.07) is 7.14. The fraction of sp³-hybridized carbons (Fsp3) is 0.529. The van der Waals surface area contributed by atoms with Crippen LogP contribution in [-0.2, 0) is 16.1 Å². The molecule has 1 aromatic rings. The Morgan fingerprint density at radius 3 is 2.78 bits per heavy atom. The molecule has 0 heterocycles. The van der Waals surface area contributed by atoms with Gasteiger partial charge in [-0.15, -0.1) is 0 Å². The predicted octanol–water partition coefficient (Wildman–Crippen LogP) is 1.64. The van der Waals surface area contributed by atoms with Crippen molar-refractivity contribution in [2.24, 2.45) is 0 Å². The zero-order valence-corrected chi connectivity index (χ0v) is 13.6. The van der Waals surface area contributed by atoms with Crippen molar-refractivity contribution in [1.82, 2.24) is 10.2 Å². The van der Waals surface area contributed by atoms with Crippen molar-refractivity contribution >= 4 is 11.9 Å². The largest absolute Gasteiger partial charge is 0.494 e. The highest BCUT2D eigenvalue weighted by atomic mass is 16.5. The maximum atomic E-state index is 12.1. The van der Waals surface area contributed by atoms with E-state index in [1.807, 2.05) is 31.2 Å². The number of benzene rings is 1. The Labute approximate surface area is 136 Å². The Kier molecular flexibility index (Phi) is 5.98. The molecule has 126 valence electrons. The number of nitrogens with one attached hydrogen (secondary N) is 1. The number of nitrogens with zero attached hydrogens (tertiary/aromatic N) is 1. The van der Waals surface area contributed by atoms with Gasteiger partial charge in [-0.25, -0.2) is 0 Å². The molecule has 1 amide bonds. The molecule has 23 heavy (non-hydrogen) atoms. The molecule has 1 aliphatic carbocycles. The second-order valence-corrected chi connectivity index (χ2v) is 5.77. The van der Waals surface area contributed by atoms with Crippen LogP contribution in [0.2, 0.25) is 0 Å². The van der Waals surface area contributed by atoms with Gasteiger partial charge in [0.1, 0.15) is 11.8 Å². The van der Waals surface area contributed by atoms with Crippen molar-refractivity contribution in [1.29, 1.82) is 0 Å². The van der Waals surface area contributed by atoms with Gasteiger partial charge in [-0.2, -0.15) is 0 Å². The molecular formula is C17H24N2O4. The van der Waals surface area contributed by atoms with Gasteiger partial charge in [0.15, 0.2) is 0 Å². The molecule has 0 spiro atoms. The van der Waals surface area contributed by atoms with Gasteiger partial charge in [0.25, 0.3) is 0 Å². The number of carbonyl (C=O) groups is 2. The fourth-order valence-corrected chi connectivity index (χ4v) is 2.46. The van der Waals surface area contributed by atoms with E-state index in [1.54, 1.807) is 11.8 Å². The minimum Gasteiger partial charge on any atom is -0.494 e. The van der Waals surface area contributed by atoms with Gasteiger partial charge in [-0.1, -0.05) is 12.1 Å². The molecule has 0 aliphatic heterocycles. The van der Waals surface area contributed by atoms with E-state index in [4.69, 9.17) is 9.84 Å². The first-order chi connectivity index (χ1) is 11.0. The van der Waals surface area contributed by atoms with E-state index < -0.39 is 12.0 Å². The highest BCUT2D eigenvalue weighted by molar-refractivity contribution is 5.80. The van der Waals surface area contributed by atoms with Gasteiger partial charge in [-0.3, -0.25) is 14.5 Å². The molecule has 1 atom stereocenters. The summed E-state index contributed by atoms with van der Waals surface area (Å²) in [6.45, 7) is 4.66. The molecule has 1 saturated carbocycles. The van der Waals surface area contributed by atoms with E-state index >= 15 is 0 Å². The Hall–Kier alpha value is -2.08. The first kappa shape index (κ1) is 17.3. The van der Waals surface area contributed by atoms with Crippen LogP contribution in [0.4, 0.5) is 0 Å². The number of amides is 1. The minimum absolute atomic E-state index is 0.114. The zero-order valence-electron chi connectivity index (χ0n) is 13.6. The van der Waals surface area contributed by atoms with Gasteiger partial charge in [-0.05, 0) is 44.4 Å². The average Bonchev–Trinajstić information content (AvgIpc) is 3.35. The number of carboxylic acid groups (broad SMARTS) is 1. The molecular weight excluding hydrogens is 296 g/mol. The summed E-state index contributed by atoms with van der Waals surface area (Å²) in [5, 5.41) is 12.0. The molecule has 0 radical (unpaired) electrons. The van der Waals surface area contributed by atoms with Crippen LogP contribution in [0.3, 0.4) is 0 Å². The Morgan fingerprint density at radius 1 is 1.43 bits per heavy atom. The summed E-state index contributed by atoms with van der Waals surface area (Å²) in [5.41, 5.74) is 0.952. The third-order valence-corrected chi connectivity index (χ3v) is 3.90. The molecule has 2 N–H and O–H groups in total. The standard InChI is InChI=1S/C17H24N2O4/c1-3-23-15-6-4-5-13(9-15)10-18-16(20)11-19(14-7-8-14)12(2)17(21)22/h4-6,9,12,14H,3,7-8,10-11H2,1-2H3,(H,18,20)(H,21,22). The number of hydrogen-bond donors (Lipinski definition) is 2. The first-order valence-electron chi connectivity index (χ1n) is 7.98. The highest BCUT2D eigenvalue weighted by Gasteiger charge is 2.36. The summed E-state index contributed by atoms with van der Waals surface area (Å²) in [5.74, 6) is -0.278. The molecule has 0 aromatic heterocycles. The van der Waals surface area contributed by atoms with Crippen LogP contribution in [0.1, 0.15) is 32.3 Å². The van der Waals surface area contributed by atoms with Crippen LogP contribution < -0.4 is 10.1 Å². The first-order valence-corrected chi connectivity index (χ1v) is 7.98. The quantitative estimate of drug-likeness (QED) is 0.723. The maximum Gasteiger partial charge on any atom is 0.320 e. The topological polar surface area (TPSA) is 78.9 Å². The molecule has 1 aromatic carbocycles. The number of rotatable bonds is 9. The molecule has 1 fully saturated rings. The second kappa shape index (κ2) is 7.97. The van der Waals surface area contributed by atoms with E-state index in [9.17, 15) is 9.59 Å². The lowest BCUT2D eigenvalue weighted by atomic mass is 10.2. The molecule has 6 nitrogen and oxygen atoms in total. The number of hydrogen-bond acceptors (Lipinski definition) is 4. The summed E-state index contributed by atoms with van der Waals surface area (Å²) in [4.78, 5) is 25.0. The molecule has 0 bridgehead atoms. The van der Waals surface area contributed by atoms with E-state index in [-0.39, 0.29) is 18.5 Å². The molecule has 1 aliphatic rings. The van der Waals surface area contributed by atoms with Crippen LogP contribution in [0.25, 0.3) is 0 Å². The smallest absolute Gasteiger partial charge is 0.320 e. The summed E-state index contributed by atoms with van der Waals surface area (Å²) in [7, 11) is 0. The van der Waals surface area contributed by atoms with Crippen molar-refractivity contribution in [2.45, 2.75) is 45.3 Å². The molecule has 6 heteroatoms. The molecule has 0 saturated heterocycles. The molecule has 1 unspecified atom stereocenters. The normalized spacial score (nSPS) is 15.3. The van der Waals surface area contributed by atoms with Crippen LogP contribution in [0, 0.1) is 0 Å². The van der Waals surface area contributed by atoms with E-state index in [0.717, 1.165) is 24.2 Å². The SMILES string of the molecule is CCOc1cccc(CNC(=O)CN(C2CC2)C(C)C(=O)O)c1. The molecule has 2 rings (SSSR count). The van der Waals surface area contributed by atoms with Crippen LogP contribution in [0.15, 0.2) is 24.3 Å². The Balaban J connectivity index is 1.86. The highest BCUT2D eigenvalue weighted by Crippen LogP contribution is 2.28. The van der Waals surface area contributed by atoms with E-state index in [2.05, 4.69) is 5.32 Å². The third kappa shape index (κ3) is 5.25. The van der Waals surface area contributed by atoms with Crippen LogP contribution in [-0.4, -0.2) is 47.1 Å². The number of carbonyl (C=O) groups excluding carboxylic acids is 1. The summed E-state index contributed by atoms with van der Waals surface area (Å²) >= 11 is 0. The van der Waals surface area contributed by atoms with Crippen LogP contribution in [0.5, 0.6) is 5.75 Å². The second-order valence-electron chi connectivity index (χ2n) is 5.77. The number of aliphatic carboxylic acids is 1. The van der Waals surface area contributed by atoms with Gasteiger partial charge in [0.05, 0.1) is 13.2 Å². The van der Waals surface area contributed by atoms with Crippen molar-refractivity contribution in [3.05, 3.63) is 29.8 Å². The van der Waals surface area contributed by atoms with Crippen LogP contribution >= 0.6 is 0 Å². The lowest BCUT2D eigenvalue weighted by Gasteiger charge is -2.25. The summed E-state index contributed by atoms with van der Waals surface area (Å²) < 4.78 is 5.43. The van der Waals surface area contributed by atoms with Gasteiger partial charge in [0, 0.05) is 12.6 Å². The third-order valence-electron chi connectivity index (χ3n) is 3.90. The van der Waals surface area contributed by atoms with E-state index in [0.29, 0.717) is 13.2 Å². The van der Waals surface area contributed by atoms with Crippen molar-refractivity contribution in [2.75, 3.05) is 13.2 Å². The van der Waals surface area contributed by atoms with Gasteiger partial charge < -0.3 is 15.2 Å². The van der Waals surface area contributed by atoms with Crippen molar-refractivity contribution in [3.8, 4) is 5.75 Å². The van der Waals surface area contributed by atoms with Crippen molar-refractivity contribution in [3.63, 3.8) is 0 Å². The summed E-state index contributed by atoms with van der Waals surface area (Å²) in [6.07, 6.45) is 1.92. The predicted molar refractivity (Wildman–Crippen MR) is 86.3 cm³/mol. The Bertz CT molecular complexity index is 557. The minimum atomic E-state index is -0.894. The Morgan fingerprint density at radius 2 is 2.17 bits per heavy atom. The lowest BCUT2D eigenvalue weighted by Crippen LogP contribution is -2.46. The fourth-order valence-electron chi connectivity index (χ4n) is 2.46. The van der Waals surface area contributed by atoms with Gasteiger partial charge >= 0.3 is 5.97 Å². The number of carboxylic acids is 1. The monoisotopic (exact) mass is 320 g/mol. The zero-order chi connectivity index (χ0) is 16.8. The average molecular weight is 320 g/mol. The lowest BCUT2D eigenvalue weighted by molar-refractivity contribution is -0.143.